The van der Waals surface area contributed by atoms with Crippen molar-refractivity contribution in [2.75, 3.05) is 13.1 Å². The number of benzene rings is 1. The SMILES string of the molecule is CCC1(C)CNC(C(C)C)CN1Cc1ccc(F)c(F)c1. The van der Waals surface area contributed by atoms with Gasteiger partial charge in [-0.3, -0.25) is 4.90 Å². The van der Waals surface area contributed by atoms with Crippen LogP contribution in [0.15, 0.2) is 18.2 Å². The molecule has 1 aliphatic rings. The highest BCUT2D eigenvalue weighted by atomic mass is 19.2. The van der Waals surface area contributed by atoms with E-state index in [9.17, 15) is 8.78 Å². The lowest BCUT2D eigenvalue weighted by Gasteiger charge is -2.49. The second-order valence-electron chi connectivity index (χ2n) is 6.71. The second kappa shape index (κ2) is 6.41. The summed E-state index contributed by atoms with van der Waals surface area (Å²) in [4.78, 5) is 2.40. The van der Waals surface area contributed by atoms with E-state index < -0.39 is 11.6 Å². The van der Waals surface area contributed by atoms with E-state index in [4.69, 9.17) is 0 Å². The normalized spacial score (nSPS) is 27.3. The topological polar surface area (TPSA) is 15.3 Å². The van der Waals surface area contributed by atoms with Crippen molar-refractivity contribution in [3.63, 3.8) is 0 Å². The Kier molecular flexibility index (Phi) is 4.99. The minimum Gasteiger partial charge on any atom is -0.311 e. The summed E-state index contributed by atoms with van der Waals surface area (Å²) in [6, 6.07) is 4.66. The third kappa shape index (κ3) is 3.61. The first-order valence-electron chi connectivity index (χ1n) is 7.78. The molecule has 21 heavy (non-hydrogen) atoms. The van der Waals surface area contributed by atoms with Crippen molar-refractivity contribution < 1.29 is 8.78 Å². The first kappa shape index (κ1) is 16.4. The summed E-state index contributed by atoms with van der Waals surface area (Å²) in [7, 11) is 0. The van der Waals surface area contributed by atoms with Gasteiger partial charge < -0.3 is 5.32 Å². The molecule has 0 aromatic heterocycles. The summed E-state index contributed by atoms with van der Waals surface area (Å²) in [5, 5.41) is 3.62. The Morgan fingerprint density at radius 3 is 2.62 bits per heavy atom. The van der Waals surface area contributed by atoms with Gasteiger partial charge in [0, 0.05) is 31.2 Å². The number of rotatable bonds is 4. The van der Waals surface area contributed by atoms with Crippen LogP contribution in [0.4, 0.5) is 8.78 Å². The van der Waals surface area contributed by atoms with Crippen LogP contribution >= 0.6 is 0 Å². The zero-order valence-corrected chi connectivity index (χ0v) is 13.4. The van der Waals surface area contributed by atoms with Gasteiger partial charge in [-0.1, -0.05) is 26.8 Å². The van der Waals surface area contributed by atoms with Gasteiger partial charge in [0.2, 0.25) is 0 Å². The minimum atomic E-state index is -0.780. The van der Waals surface area contributed by atoms with E-state index in [1.54, 1.807) is 6.07 Å². The molecule has 2 unspecified atom stereocenters. The molecule has 1 aromatic carbocycles. The third-order valence-electron chi connectivity index (χ3n) is 4.85. The molecule has 0 amide bonds. The Morgan fingerprint density at radius 2 is 2.05 bits per heavy atom. The van der Waals surface area contributed by atoms with Gasteiger partial charge in [-0.2, -0.15) is 0 Å². The summed E-state index contributed by atoms with van der Waals surface area (Å²) >= 11 is 0. The maximum absolute atomic E-state index is 13.4. The predicted molar refractivity (Wildman–Crippen MR) is 82.1 cm³/mol. The van der Waals surface area contributed by atoms with Gasteiger partial charge in [-0.25, -0.2) is 8.78 Å². The molecular weight excluding hydrogens is 270 g/mol. The van der Waals surface area contributed by atoms with E-state index in [1.807, 2.05) is 0 Å². The lowest BCUT2D eigenvalue weighted by atomic mass is 9.89. The van der Waals surface area contributed by atoms with Crippen LogP contribution < -0.4 is 5.32 Å². The zero-order valence-electron chi connectivity index (χ0n) is 13.4. The predicted octanol–water partition coefficient (Wildman–Crippen LogP) is 3.56. The monoisotopic (exact) mass is 296 g/mol. The van der Waals surface area contributed by atoms with Crippen LogP contribution in [0.2, 0.25) is 0 Å². The van der Waals surface area contributed by atoms with Gasteiger partial charge in [0.15, 0.2) is 11.6 Å². The molecule has 0 bridgehead atoms. The highest BCUT2D eigenvalue weighted by Gasteiger charge is 2.37. The third-order valence-corrected chi connectivity index (χ3v) is 4.85. The number of hydrogen-bond donors (Lipinski definition) is 1. The maximum atomic E-state index is 13.4. The Labute approximate surface area is 126 Å². The molecule has 1 aromatic rings. The molecule has 0 aliphatic carbocycles. The van der Waals surface area contributed by atoms with E-state index in [1.165, 1.54) is 12.1 Å². The van der Waals surface area contributed by atoms with Crippen molar-refractivity contribution in [1.82, 2.24) is 10.2 Å². The summed E-state index contributed by atoms with van der Waals surface area (Å²) in [6.07, 6.45) is 1.02. The number of nitrogens with one attached hydrogen (secondary N) is 1. The first-order chi connectivity index (χ1) is 9.85. The molecule has 0 radical (unpaired) electrons. The summed E-state index contributed by atoms with van der Waals surface area (Å²) in [5.74, 6) is -0.988. The molecule has 0 spiro atoms. The fourth-order valence-corrected chi connectivity index (χ4v) is 2.89. The maximum Gasteiger partial charge on any atom is 0.159 e. The number of halogens is 2. The van der Waals surface area contributed by atoms with E-state index in [2.05, 4.69) is 37.9 Å². The van der Waals surface area contributed by atoms with Gasteiger partial charge in [0.1, 0.15) is 0 Å². The van der Waals surface area contributed by atoms with Crippen LogP contribution in [0.5, 0.6) is 0 Å². The van der Waals surface area contributed by atoms with Crippen LogP contribution in [0.3, 0.4) is 0 Å². The standard InChI is InChI=1S/C17H26F2N2/c1-5-17(4)11-20-16(12(2)3)10-21(17)9-13-6-7-14(18)15(19)8-13/h6-8,12,16,20H,5,9-11H2,1-4H3. The van der Waals surface area contributed by atoms with Crippen molar-refractivity contribution in [1.29, 1.82) is 0 Å². The molecular formula is C17H26F2N2. The average Bonchev–Trinajstić information content (AvgIpc) is 2.45. The highest BCUT2D eigenvalue weighted by Crippen LogP contribution is 2.27. The van der Waals surface area contributed by atoms with Gasteiger partial charge in [0.25, 0.3) is 0 Å². The smallest absolute Gasteiger partial charge is 0.159 e. The average molecular weight is 296 g/mol. The van der Waals surface area contributed by atoms with Gasteiger partial charge >= 0.3 is 0 Å². The molecule has 1 heterocycles. The van der Waals surface area contributed by atoms with Crippen LogP contribution in [-0.2, 0) is 6.54 Å². The van der Waals surface area contributed by atoms with E-state index in [0.717, 1.165) is 25.1 Å². The van der Waals surface area contributed by atoms with Gasteiger partial charge in [0.05, 0.1) is 0 Å². The number of hydrogen-bond acceptors (Lipinski definition) is 2. The summed E-state index contributed by atoms with van der Waals surface area (Å²) in [5.41, 5.74) is 0.883. The Balaban J connectivity index is 2.17. The van der Waals surface area contributed by atoms with Gasteiger partial charge in [-0.05, 0) is 37.0 Å². The van der Waals surface area contributed by atoms with Gasteiger partial charge in [-0.15, -0.1) is 0 Å². The van der Waals surface area contributed by atoms with Crippen LogP contribution in [0, 0.1) is 17.6 Å². The number of nitrogens with zero attached hydrogens (tertiary/aromatic N) is 1. The fraction of sp³-hybridized carbons (Fsp3) is 0.647. The van der Waals surface area contributed by atoms with E-state index >= 15 is 0 Å². The first-order valence-corrected chi connectivity index (χ1v) is 7.78. The largest absolute Gasteiger partial charge is 0.311 e. The highest BCUT2D eigenvalue weighted by molar-refractivity contribution is 5.18. The van der Waals surface area contributed by atoms with Crippen molar-refractivity contribution >= 4 is 0 Å². The fourth-order valence-electron chi connectivity index (χ4n) is 2.89. The summed E-state index contributed by atoms with van der Waals surface area (Å²) < 4.78 is 26.5. The Bertz CT molecular complexity index is 490. The van der Waals surface area contributed by atoms with Crippen LogP contribution in [0.25, 0.3) is 0 Å². The van der Waals surface area contributed by atoms with Crippen molar-refractivity contribution in [3.05, 3.63) is 35.4 Å². The lowest BCUT2D eigenvalue weighted by Crippen LogP contribution is -2.63. The lowest BCUT2D eigenvalue weighted by molar-refractivity contribution is 0.0316. The molecule has 4 heteroatoms. The van der Waals surface area contributed by atoms with E-state index in [0.29, 0.717) is 18.5 Å². The molecule has 1 aliphatic heterocycles. The Hall–Kier alpha value is -1.00. The summed E-state index contributed by atoms with van der Waals surface area (Å²) in [6.45, 7) is 11.3. The van der Waals surface area contributed by atoms with Crippen LogP contribution in [0.1, 0.15) is 39.7 Å². The quantitative estimate of drug-likeness (QED) is 0.914. The van der Waals surface area contributed by atoms with E-state index in [-0.39, 0.29) is 5.54 Å². The molecule has 1 saturated heterocycles. The second-order valence-corrected chi connectivity index (χ2v) is 6.71. The number of piperazine rings is 1. The molecule has 1 fully saturated rings. The van der Waals surface area contributed by atoms with Crippen LogP contribution in [-0.4, -0.2) is 29.6 Å². The minimum absolute atomic E-state index is 0.0518. The Morgan fingerprint density at radius 1 is 1.33 bits per heavy atom. The molecule has 118 valence electrons. The van der Waals surface area contributed by atoms with Crippen molar-refractivity contribution in [2.45, 2.75) is 52.2 Å². The molecule has 1 N–H and O–H groups in total. The molecule has 2 atom stereocenters. The van der Waals surface area contributed by atoms with Crippen molar-refractivity contribution in [2.24, 2.45) is 5.92 Å². The van der Waals surface area contributed by atoms with Crippen molar-refractivity contribution in [3.8, 4) is 0 Å². The molecule has 0 saturated carbocycles. The molecule has 2 nitrogen and oxygen atoms in total. The zero-order chi connectivity index (χ0) is 15.6. The molecule has 2 rings (SSSR count).